The zero-order valence-corrected chi connectivity index (χ0v) is 8.71. The number of fused-ring (bicyclic) bond motifs is 1. The van der Waals surface area contributed by atoms with E-state index < -0.39 is 0 Å². The minimum Gasteiger partial charge on any atom is -0.508 e. The van der Waals surface area contributed by atoms with Crippen LogP contribution in [-0.2, 0) is 6.42 Å². The van der Waals surface area contributed by atoms with E-state index in [0.717, 1.165) is 27.5 Å². The van der Waals surface area contributed by atoms with Crippen LogP contribution < -0.4 is 5.73 Å². The molecular weight excluding hydrogens is 265 g/mol. The Bertz CT molecular complexity index is 325. The first kappa shape index (κ1) is 8.31. The van der Waals surface area contributed by atoms with Crippen molar-refractivity contribution in [3.05, 3.63) is 26.8 Å². The molecule has 0 unspecified atom stereocenters. The summed E-state index contributed by atoms with van der Waals surface area (Å²) in [6, 6.07) is 3.98. The molecule has 0 bridgehead atoms. The first-order valence-corrected chi connectivity index (χ1v) is 5.03. The molecule has 0 aromatic heterocycles. The summed E-state index contributed by atoms with van der Waals surface area (Å²) in [5.41, 5.74) is 8.04. The molecule has 3 heteroatoms. The number of benzene rings is 1. The van der Waals surface area contributed by atoms with Crippen molar-refractivity contribution >= 4 is 22.6 Å². The molecule has 12 heavy (non-hydrogen) atoms. The second-order valence-electron chi connectivity index (χ2n) is 3.14. The Morgan fingerprint density at radius 2 is 2.25 bits per heavy atom. The van der Waals surface area contributed by atoms with Crippen molar-refractivity contribution in [1.29, 1.82) is 0 Å². The van der Waals surface area contributed by atoms with Gasteiger partial charge in [-0.15, -0.1) is 0 Å². The summed E-state index contributed by atoms with van der Waals surface area (Å²) in [5, 5.41) is 9.57. The molecule has 1 aliphatic rings. The minimum atomic E-state index is 0.126. The van der Waals surface area contributed by atoms with Crippen LogP contribution in [-0.4, -0.2) is 5.11 Å². The summed E-state index contributed by atoms with van der Waals surface area (Å²) in [6.07, 6.45) is 1.88. The Morgan fingerprint density at radius 1 is 1.50 bits per heavy atom. The Morgan fingerprint density at radius 3 is 3.00 bits per heavy atom. The van der Waals surface area contributed by atoms with Gasteiger partial charge in [0.05, 0.1) is 0 Å². The monoisotopic (exact) mass is 275 g/mol. The number of hydrogen-bond acceptors (Lipinski definition) is 2. The van der Waals surface area contributed by atoms with E-state index >= 15 is 0 Å². The Balaban J connectivity index is 2.60. The van der Waals surface area contributed by atoms with Gasteiger partial charge in [0.15, 0.2) is 0 Å². The normalized spacial score (nSPS) is 21.0. The van der Waals surface area contributed by atoms with Crippen LogP contribution >= 0.6 is 22.6 Å². The molecule has 3 N–H and O–H groups in total. The van der Waals surface area contributed by atoms with E-state index in [-0.39, 0.29) is 6.04 Å². The highest BCUT2D eigenvalue weighted by Gasteiger charge is 2.21. The van der Waals surface area contributed by atoms with Gasteiger partial charge in [0.2, 0.25) is 0 Å². The quantitative estimate of drug-likeness (QED) is 0.711. The van der Waals surface area contributed by atoms with Gasteiger partial charge in [-0.3, -0.25) is 0 Å². The maximum atomic E-state index is 9.57. The molecule has 0 fully saturated rings. The lowest BCUT2D eigenvalue weighted by Crippen LogP contribution is -2.05. The molecule has 0 aliphatic heterocycles. The van der Waals surface area contributed by atoms with Crippen LogP contribution in [0.15, 0.2) is 12.1 Å². The number of aromatic hydroxyl groups is 1. The zero-order valence-electron chi connectivity index (χ0n) is 6.55. The summed E-state index contributed by atoms with van der Waals surface area (Å²) in [4.78, 5) is 0. The maximum absolute atomic E-state index is 9.57. The molecule has 0 spiro atoms. The van der Waals surface area contributed by atoms with Crippen molar-refractivity contribution in [2.45, 2.75) is 18.9 Å². The van der Waals surface area contributed by atoms with Crippen LogP contribution in [0, 0.1) is 3.57 Å². The standard InChI is InChI=1S/C9H10INO/c10-5-3-7-6(9(12)4-5)1-2-8(7)11/h3-4,8,12H,1-2,11H2/t8-/m1/s1. The summed E-state index contributed by atoms with van der Waals surface area (Å²) in [6.45, 7) is 0. The van der Waals surface area contributed by atoms with E-state index in [9.17, 15) is 5.11 Å². The van der Waals surface area contributed by atoms with E-state index in [2.05, 4.69) is 28.7 Å². The molecule has 0 amide bonds. The van der Waals surface area contributed by atoms with E-state index in [1.165, 1.54) is 0 Å². The summed E-state index contributed by atoms with van der Waals surface area (Å²) in [7, 11) is 0. The lowest BCUT2D eigenvalue weighted by molar-refractivity contribution is 0.468. The number of hydrogen-bond donors (Lipinski definition) is 2. The second-order valence-corrected chi connectivity index (χ2v) is 4.38. The predicted octanol–water partition coefficient (Wildman–Crippen LogP) is 1.94. The van der Waals surface area contributed by atoms with E-state index in [0.29, 0.717) is 5.75 Å². The molecule has 1 aliphatic carbocycles. The van der Waals surface area contributed by atoms with Crippen LogP contribution in [0.5, 0.6) is 5.75 Å². The van der Waals surface area contributed by atoms with Crippen LogP contribution in [0.2, 0.25) is 0 Å². The molecular formula is C9H10INO. The van der Waals surface area contributed by atoms with Gasteiger partial charge in [0, 0.05) is 9.61 Å². The third-order valence-electron chi connectivity index (χ3n) is 2.33. The van der Waals surface area contributed by atoms with Gasteiger partial charge < -0.3 is 10.8 Å². The smallest absolute Gasteiger partial charge is 0.120 e. The summed E-state index contributed by atoms with van der Waals surface area (Å²) in [5.74, 6) is 0.407. The second kappa shape index (κ2) is 2.88. The fourth-order valence-electron chi connectivity index (χ4n) is 1.70. The summed E-state index contributed by atoms with van der Waals surface area (Å²) < 4.78 is 1.06. The predicted molar refractivity (Wildman–Crippen MR) is 56.1 cm³/mol. The number of phenolic OH excluding ortho intramolecular Hbond substituents is 1. The molecule has 0 radical (unpaired) electrons. The third-order valence-corrected chi connectivity index (χ3v) is 2.95. The van der Waals surface area contributed by atoms with Crippen LogP contribution in [0.1, 0.15) is 23.6 Å². The Kier molecular flexibility index (Phi) is 2.00. The largest absolute Gasteiger partial charge is 0.508 e. The highest BCUT2D eigenvalue weighted by Crippen LogP contribution is 2.36. The molecule has 0 saturated carbocycles. The van der Waals surface area contributed by atoms with Crippen molar-refractivity contribution < 1.29 is 5.11 Å². The number of phenols is 1. The molecule has 1 aromatic rings. The third kappa shape index (κ3) is 1.21. The van der Waals surface area contributed by atoms with Gasteiger partial charge in [-0.2, -0.15) is 0 Å². The number of rotatable bonds is 0. The molecule has 64 valence electrons. The van der Waals surface area contributed by atoms with E-state index in [1.54, 1.807) is 6.07 Å². The van der Waals surface area contributed by atoms with Crippen molar-refractivity contribution in [1.82, 2.24) is 0 Å². The van der Waals surface area contributed by atoms with Crippen molar-refractivity contribution in [3.63, 3.8) is 0 Å². The van der Waals surface area contributed by atoms with Crippen molar-refractivity contribution in [2.24, 2.45) is 5.73 Å². The van der Waals surface area contributed by atoms with Crippen LogP contribution in [0.25, 0.3) is 0 Å². The topological polar surface area (TPSA) is 46.2 Å². The van der Waals surface area contributed by atoms with Crippen molar-refractivity contribution in [2.75, 3.05) is 0 Å². The van der Waals surface area contributed by atoms with Gasteiger partial charge in [0.1, 0.15) is 5.75 Å². The average Bonchev–Trinajstić information content (AvgIpc) is 2.33. The van der Waals surface area contributed by atoms with Gasteiger partial charge in [-0.05, 0) is 58.7 Å². The van der Waals surface area contributed by atoms with Crippen LogP contribution in [0.3, 0.4) is 0 Å². The van der Waals surface area contributed by atoms with Gasteiger partial charge in [-0.25, -0.2) is 0 Å². The highest BCUT2D eigenvalue weighted by molar-refractivity contribution is 14.1. The SMILES string of the molecule is N[C@@H]1CCc2c(O)cc(I)cc21. The van der Waals surface area contributed by atoms with Crippen LogP contribution in [0.4, 0.5) is 0 Å². The summed E-state index contributed by atoms with van der Waals surface area (Å²) >= 11 is 2.19. The van der Waals surface area contributed by atoms with E-state index in [1.807, 2.05) is 0 Å². The average molecular weight is 275 g/mol. The molecule has 0 heterocycles. The Labute approximate surface area is 84.9 Å². The molecule has 1 aromatic carbocycles. The first-order chi connectivity index (χ1) is 5.68. The fraction of sp³-hybridized carbons (Fsp3) is 0.333. The minimum absolute atomic E-state index is 0.126. The number of nitrogens with two attached hydrogens (primary N) is 1. The molecule has 2 rings (SSSR count). The fourth-order valence-corrected chi connectivity index (χ4v) is 2.33. The highest BCUT2D eigenvalue weighted by atomic mass is 127. The lowest BCUT2D eigenvalue weighted by Gasteiger charge is -2.06. The molecule has 1 atom stereocenters. The van der Waals surface area contributed by atoms with Gasteiger partial charge in [-0.1, -0.05) is 0 Å². The Hall–Kier alpha value is -0.290. The number of halogens is 1. The molecule has 2 nitrogen and oxygen atoms in total. The first-order valence-electron chi connectivity index (χ1n) is 3.95. The van der Waals surface area contributed by atoms with Crippen molar-refractivity contribution in [3.8, 4) is 5.75 Å². The maximum Gasteiger partial charge on any atom is 0.120 e. The lowest BCUT2D eigenvalue weighted by atomic mass is 10.1. The van der Waals surface area contributed by atoms with Gasteiger partial charge in [0.25, 0.3) is 0 Å². The molecule has 0 saturated heterocycles. The van der Waals surface area contributed by atoms with E-state index in [4.69, 9.17) is 5.73 Å². The van der Waals surface area contributed by atoms with Gasteiger partial charge >= 0.3 is 0 Å². The zero-order chi connectivity index (χ0) is 8.72.